The molecule has 154 valence electrons. The van der Waals surface area contributed by atoms with E-state index in [4.69, 9.17) is 4.74 Å². The molecular weight excluding hydrogens is 403 g/mol. The maximum atomic E-state index is 14.4. The first-order valence-corrected chi connectivity index (χ1v) is 9.00. The second-order valence-corrected chi connectivity index (χ2v) is 6.66. The molecule has 1 heterocycles. The van der Waals surface area contributed by atoms with Crippen molar-refractivity contribution in [2.45, 2.75) is 12.5 Å². The largest absolute Gasteiger partial charge is 0.497 e. The van der Waals surface area contributed by atoms with Crippen molar-refractivity contribution in [3.05, 3.63) is 94.8 Å². The van der Waals surface area contributed by atoms with Gasteiger partial charge in [0.1, 0.15) is 5.75 Å². The summed E-state index contributed by atoms with van der Waals surface area (Å²) >= 11 is 0. The molecule has 0 radical (unpaired) electrons. The average Bonchev–Trinajstić information content (AvgIpc) is 3.22. The number of anilines is 1. The van der Waals surface area contributed by atoms with Gasteiger partial charge in [-0.05, 0) is 29.8 Å². The number of halogens is 5. The number of hydrazone groups is 1. The van der Waals surface area contributed by atoms with Crippen molar-refractivity contribution in [3.63, 3.8) is 0 Å². The second-order valence-electron chi connectivity index (χ2n) is 6.66. The minimum atomic E-state index is -2.20. The predicted octanol–water partition coefficient (Wildman–Crippen LogP) is 5.75. The fourth-order valence-corrected chi connectivity index (χ4v) is 3.43. The third-order valence-corrected chi connectivity index (χ3v) is 4.93. The van der Waals surface area contributed by atoms with Crippen molar-refractivity contribution < 1.29 is 26.7 Å². The molecule has 0 aliphatic carbocycles. The maximum absolute atomic E-state index is 14.4. The Morgan fingerprint density at radius 2 is 1.37 bits per heavy atom. The second kappa shape index (κ2) is 7.78. The van der Waals surface area contributed by atoms with Crippen LogP contribution in [0.3, 0.4) is 0 Å². The fraction of sp³-hybridized carbons (Fsp3) is 0.136. The molecule has 8 heteroatoms. The predicted molar refractivity (Wildman–Crippen MR) is 102 cm³/mol. The summed E-state index contributed by atoms with van der Waals surface area (Å²) in [6, 6.07) is 15.3. The van der Waals surface area contributed by atoms with Crippen LogP contribution in [0.4, 0.5) is 27.6 Å². The molecule has 0 amide bonds. The van der Waals surface area contributed by atoms with Crippen LogP contribution in [-0.2, 0) is 0 Å². The first kappa shape index (κ1) is 19.9. The SMILES string of the molecule is COc1ccc(N2N=C(c3c(F)c(F)c(F)c(F)c3F)C[C@@H]2c2ccccc2)cc1. The summed E-state index contributed by atoms with van der Waals surface area (Å²) in [6.45, 7) is 0. The van der Waals surface area contributed by atoms with Crippen LogP contribution in [-0.4, -0.2) is 12.8 Å². The molecule has 0 fully saturated rings. The molecule has 0 bridgehead atoms. The minimum absolute atomic E-state index is 0.0472. The molecule has 0 spiro atoms. The molecule has 3 aromatic carbocycles. The van der Waals surface area contributed by atoms with Crippen molar-refractivity contribution in [1.82, 2.24) is 0 Å². The highest BCUT2D eigenvalue weighted by atomic mass is 19.2. The molecule has 30 heavy (non-hydrogen) atoms. The van der Waals surface area contributed by atoms with Gasteiger partial charge >= 0.3 is 0 Å². The van der Waals surface area contributed by atoms with Gasteiger partial charge in [-0.3, -0.25) is 5.01 Å². The number of rotatable bonds is 4. The molecule has 0 saturated carbocycles. The van der Waals surface area contributed by atoms with E-state index in [0.29, 0.717) is 11.4 Å². The van der Waals surface area contributed by atoms with E-state index < -0.39 is 40.7 Å². The van der Waals surface area contributed by atoms with Crippen LogP contribution in [0.1, 0.15) is 23.6 Å². The van der Waals surface area contributed by atoms with Crippen molar-refractivity contribution >= 4 is 11.4 Å². The summed E-state index contributed by atoms with van der Waals surface area (Å²) in [5.41, 5.74) is 0.107. The highest BCUT2D eigenvalue weighted by molar-refractivity contribution is 6.03. The summed E-state index contributed by atoms with van der Waals surface area (Å²) < 4.78 is 74.8. The molecule has 3 nitrogen and oxygen atoms in total. The van der Waals surface area contributed by atoms with Crippen LogP contribution in [0.15, 0.2) is 59.7 Å². The Morgan fingerprint density at radius 1 is 0.800 bits per heavy atom. The highest BCUT2D eigenvalue weighted by Crippen LogP contribution is 2.38. The smallest absolute Gasteiger partial charge is 0.200 e. The van der Waals surface area contributed by atoms with E-state index in [2.05, 4.69) is 5.10 Å². The lowest BCUT2D eigenvalue weighted by Gasteiger charge is -2.24. The van der Waals surface area contributed by atoms with Crippen LogP contribution < -0.4 is 9.75 Å². The topological polar surface area (TPSA) is 24.8 Å². The maximum Gasteiger partial charge on any atom is 0.200 e. The standard InChI is InChI=1S/C22H15F5N2O/c1-30-14-9-7-13(8-10-14)29-16(12-5-3-2-4-6-12)11-15(28-29)17-18(23)20(25)22(27)21(26)19(17)24/h2-10,16H,11H2,1H3/t16-/m1/s1. The van der Waals surface area contributed by atoms with Gasteiger partial charge in [0.25, 0.3) is 0 Å². The van der Waals surface area contributed by atoms with E-state index in [9.17, 15) is 22.0 Å². The molecule has 1 aliphatic rings. The Kier molecular flexibility index (Phi) is 5.15. The lowest BCUT2D eigenvalue weighted by atomic mass is 9.97. The van der Waals surface area contributed by atoms with Gasteiger partial charge in [0.2, 0.25) is 5.82 Å². The van der Waals surface area contributed by atoms with Crippen LogP contribution in [0, 0.1) is 29.1 Å². The Hall–Kier alpha value is -3.42. The van der Waals surface area contributed by atoms with Crippen molar-refractivity contribution in [2.24, 2.45) is 5.10 Å². The fourth-order valence-electron chi connectivity index (χ4n) is 3.43. The normalized spacial score (nSPS) is 16.0. The van der Waals surface area contributed by atoms with Gasteiger partial charge in [-0.2, -0.15) is 5.10 Å². The Balaban J connectivity index is 1.84. The van der Waals surface area contributed by atoms with Gasteiger partial charge < -0.3 is 4.74 Å². The summed E-state index contributed by atoms with van der Waals surface area (Å²) in [4.78, 5) is 0. The molecule has 3 aromatic rings. The third-order valence-electron chi connectivity index (χ3n) is 4.93. The summed E-state index contributed by atoms with van der Waals surface area (Å²) in [5, 5.41) is 5.75. The van der Waals surface area contributed by atoms with E-state index in [0.717, 1.165) is 5.56 Å². The van der Waals surface area contributed by atoms with Gasteiger partial charge in [-0.25, -0.2) is 22.0 Å². The monoisotopic (exact) mass is 418 g/mol. The average molecular weight is 418 g/mol. The number of ether oxygens (including phenoxy) is 1. The van der Waals surface area contributed by atoms with Gasteiger partial charge in [-0.1, -0.05) is 30.3 Å². The van der Waals surface area contributed by atoms with E-state index in [-0.39, 0.29) is 12.1 Å². The Bertz CT molecular complexity index is 1090. The minimum Gasteiger partial charge on any atom is -0.497 e. The number of hydrogen-bond acceptors (Lipinski definition) is 3. The van der Waals surface area contributed by atoms with Gasteiger partial charge in [0.15, 0.2) is 23.3 Å². The number of methoxy groups -OCH3 is 1. The molecule has 1 aliphatic heterocycles. The summed E-state index contributed by atoms with van der Waals surface area (Å²) in [5.74, 6) is -9.38. The van der Waals surface area contributed by atoms with Crippen LogP contribution in [0.25, 0.3) is 0 Å². The molecule has 0 aromatic heterocycles. The first-order valence-electron chi connectivity index (χ1n) is 9.00. The summed E-state index contributed by atoms with van der Waals surface area (Å²) in [7, 11) is 1.51. The molecule has 0 saturated heterocycles. The van der Waals surface area contributed by atoms with E-state index in [1.807, 2.05) is 6.07 Å². The van der Waals surface area contributed by atoms with Gasteiger partial charge in [-0.15, -0.1) is 0 Å². The van der Waals surface area contributed by atoms with E-state index in [1.54, 1.807) is 48.5 Å². The molecular formula is C22H15F5N2O. The zero-order valence-corrected chi connectivity index (χ0v) is 15.7. The first-order chi connectivity index (χ1) is 14.4. The van der Waals surface area contributed by atoms with Crippen molar-refractivity contribution in [3.8, 4) is 5.75 Å². The zero-order chi connectivity index (χ0) is 21.4. The molecule has 0 N–H and O–H groups in total. The van der Waals surface area contributed by atoms with Crippen molar-refractivity contribution in [1.29, 1.82) is 0 Å². The zero-order valence-electron chi connectivity index (χ0n) is 15.7. The van der Waals surface area contributed by atoms with Crippen LogP contribution in [0.5, 0.6) is 5.75 Å². The van der Waals surface area contributed by atoms with E-state index >= 15 is 0 Å². The van der Waals surface area contributed by atoms with E-state index in [1.165, 1.54) is 12.1 Å². The number of hydrogen-bond donors (Lipinski definition) is 0. The van der Waals surface area contributed by atoms with Crippen molar-refractivity contribution in [2.75, 3.05) is 12.1 Å². The quantitative estimate of drug-likeness (QED) is 0.306. The molecule has 1 atom stereocenters. The number of nitrogens with zero attached hydrogens (tertiary/aromatic N) is 2. The number of benzene rings is 3. The van der Waals surface area contributed by atoms with Gasteiger partial charge in [0, 0.05) is 6.42 Å². The van der Waals surface area contributed by atoms with Gasteiger partial charge in [0.05, 0.1) is 30.1 Å². The lowest BCUT2D eigenvalue weighted by molar-refractivity contribution is 0.377. The third kappa shape index (κ3) is 3.28. The molecule has 4 rings (SSSR count). The van der Waals surface area contributed by atoms with Crippen LogP contribution >= 0.6 is 0 Å². The Labute approximate surface area is 169 Å². The summed E-state index contributed by atoms with van der Waals surface area (Å²) in [6.07, 6.45) is -0.0472. The highest BCUT2D eigenvalue weighted by Gasteiger charge is 2.35. The Morgan fingerprint density at radius 3 is 1.93 bits per heavy atom. The van der Waals surface area contributed by atoms with Crippen LogP contribution in [0.2, 0.25) is 0 Å². The lowest BCUT2D eigenvalue weighted by Crippen LogP contribution is -2.18. The molecule has 0 unspecified atom stereocenters.